The van der Waals surface area contributed by atoms with Crippen molar-refractivity contribution in [1.29, 1.82) is 0 Å². The van der Waals surface area contributed by atoms with Gasteiger partial charge < -0.3 is 14.2 Å². The van der Waals surface area contributed by atoms with E-state index in [0.717, 1.165) is 18.7 Å². The zero-order valence-electron chi connectivity index (χ0n) is 12.8. The second-order valence-electron chi connectivity index (χ2n) is 5.44. The normalized spacial score (nSPS) is 14.9. The van der Waals surface area contributed by atoms with Crippen molar-refractivity contribution >= 4 is 34.7 Å². The van der Waals surface area contributed by atoms with Crippen LogP contribution in [0.2, 0.25) is 5.02 Å². The second-order valence-corrected chi connectivity index (χ2v) is 6.24. The number of benzene rings is 1. The van der Waals surface area contributed by atoms with Crippen LogP contribution in [0.5, 0.6) is 0 Å². The van der Waals surface area contributed by atoms with E-state index in [1.807, 2.05) is 41.3 Å². The molecule has 0 aliphatic carbocycles. The van der Waals surface area contributed by atoms with Gasteiger partial charge in [0.2, 0.25) is 5.91 Å². The van der Waals surface area contributed by atoms with E-state index in [2.05, 4.69) is 4.90 Å². The number of halogens is 1. The number of piperazine rings is 1. The summed E-state index contributed by atoms with van der Waals surface area (Å²) >= 11 is 11.7. The van der Waals surface area contributed by atoms with Gasteiger partial charge in [0.15, 0.2) is 5.76 Å². The molecular weight excluding hydrogens is 332 g/mol. The zero-order chi connectivity index (χ0) is 16.4. The number of hydrogen-bond acceptors (Lipinski definition) is 3. The summed E-state index contributed by atoms with van der Waals surface area (Å²) in [4.78, 5) is 16.0. The smallest absolute Gasteiger partial charge is 0.219 e. The SMILES string of the molecule is CC(=O)N1CCN(C(=S)c2ccc(-c3ccccc3Cl)o2)CC1. The zero-order valence-corrected chi connectivity index (χ0v) is 14.4. The Morgan fingerprint density at radius 3 is 2.39 bits per heavy atom. The number of nitrogens with zero attached hydrogens (tertiary/aromatic N) is 2. The molecule has 1 aliphatic rings. The number of thiocarbonyl (C=S) groups is 1. The van der Waals surface area contributed by atoms with E-state index in [1.165, 1.54) is 0 Å². The number of furan rings is 1. The molecular formula is C17H17ClN2O2S. The van der Waals surface area contributed by atoms with Gasteiger partial charge >= 0.3 is 0 Å². The molecule has 1 aromatic carbocycles. The highest BCUT2D eigenvalue weighted by molar-refractivity contribution is 7.80. The van der Waals surface area contributed by atoms with Crippen molar-refractivity contribution in [2.24, 2.45) is 0 Å². The first kappa shape index (κ1) is 16.0. The number of rotatable bonds is 2. The van der Waals surface area contributed by atoms with Crippen LogP contribution >= 0.6 is 23.8 Å². The highest BCUT2D eigenvalue weighted by atomic mass is 35.5. The van der Waals surface area contributed by atoms with Crippen molar-refractivity contribution in [2.45, 2.75) is 6.92 Å². The van der Waals surface area contributed by atoms with Gasteiger partial charge in [-0.05, 0) is 24.3 Å². The van der Waals surface area contributed by atoms with E-state index in [1.54, 1.807) is 6.92 Å². The predicted molar refractivity (Wildman–Crippen MR) is 94.7 cm³/mol. The van der Waals surface area contributed by atoms with Gasteiger partial charge in [0.25, 0.3) is 0 Å². The Labute approximate surface area is 145 Å². The van der Waals surface area contributed by atoms with Crippen molar-refractivity contribution in [3.05, 3.63) is 47.2 Å². The lowest BCUT2D eigenvalue weighted by Crippen LogP contribution is -2.49. The first-order valence-electron chi connectivity index (χ1n) is 7.46. The summed E-state index contributed by atoms with van der Waals surface area (Å²) in [6.07, 6.45) is 0. The van der Waals surface area contributed by atoms with Crippen LogP contribution in [0, 0.1) is 0 Å². The average Bonchev–Trinajstić information content (AvgIpc) is 3.04. The van der Waals surface area contributed by atoms with E-state index in [9.17, 15) is 4.79 Å². The Morgan fingerprint density at radius 1 is 1.09 bits per heavy atom. The maximum atomic E-state index is 11.4. The molecule has 1 aliphatic heterocycles. The Bertz CT molecular complexity index is 736. The van der Waals surface area contributed by atoms with E-state index in [4.69, 9.17) is 28.2 Å². The van der Waals surface area contributed by atoms with Crippen LogP contribution in [0.15, 0.2) is 40.8 Å². The standard InChI is InChI=1S/C17H17ClN2O2S/c1-12(21)19-8-10-20(11-9-19)17(23)16-7-6-15(22-16)13-4-2-3-5-14(13)18/h2-7H,8-11H2,1H3. The largest absolute Gasteiger partial charge is 0.454 e. The van der Waals surface area contributed by atoms with Gasteiger partial charge in [0, 0.05) is 38.7 Å². The number of carbonyl (C=O) groups excluding carboxylic acids is 1. The first-order chi connectivity index (χ1) is 11.1. The van der Waals surface area contributed by atoms with Crippen molar-refractivity contribution in [3.8, 4) is 11.3 Å². The van der Waals surface area contributed by atoms with Gasteiger partial charge in [0.1, 0.15) is 10.7 Å². The molecule has 0 N–H and O–H groups in total. The lowest BCUT2D eigenvalue weighted by Gasteiger charge is -2.35. The fourth-order valence-corrected chi connectivity index (χ4v) is 3.16. The lowest BCUT2D eigenvalue weighted by atomic mass is 10.2. The quantitative estimate of drug-likeness (QED) is 0.779. The van der Waals surface area contributed by atoms with Gasteiger partial charge in [-0.1, -0.05) is 36.0 Å². The topological polar surface area (TPSA) is 36.7 Å². The molecule has 0 radical (unpaired) electrons. The van der Waals surface area contributed by atoms with Crippen molar-refractivity contribution < 1.29 is 9.21 Å². The summed E-state index contributed by atoms with van der Waals surface area (Å²) in [6, 6.07) is 11.3. The van der Waals surface area contributed by atoms with Crippen LogP contribution in [-0.2, 0) is 4.79 Å². The number of carbonyl (C=O) groups is 1. The molecule has 1 saturated heterocycles. The lowest BCUT2D eigenvalue weighted by molar-refractivity contribution is -0.130. The number of amides is 1. The fraction of sp³-hybridized carbons (Fsp3) is 0.294. The molecule has 4 nitrogen and oxygen atoms in total. The van der Waals surface area contributed by atoms with Crippen LogP contribution in [0.3, 0.4) is 0 Å². The summed E-state index contributed by atoms with van der Waals surface area (Å²) in [6.45, 7) is 4.42. The minimum absolute atomic E-state index is 0.106. The molecule has 120 valence electrons. The Hall–Kier alpha value is -1.85. The Balaban J connectivity index is 1.72. The van der Waals surface area contributed by atoms with Gasteiger partial charge in [0.05, 0.1) is 5.02 Å². The minimum atomic E-state index is 0.106. The van der Waals surface area contributed by atoms with Crippen LogP contribution < -0.4 is 0 Å². The molecule has 0 atom stereocenters. The van der Waals surface area contributed by atoms with Gasteiger partial charge in [-0.25, -0.2) is 0 Å². The average molecular weight is 349 g/mol. The van der Waals surface area contributed by atoms with E-state index >= 15 is 0 Å². The summed E-state index contributed by atoms with van der Waals surface area (Å²) in [7, 11) is 0. The first-order valence-corrected chi connectivity index (χ1v) is 8.24. The second kappa shape index (κ2) is 6.72. The van der Waals surface area contributed by atoms with Crippen LogP contribution in [0.4, 0.5) is 0 Å². The van der Waals surface area contributed by atoms with Gasteiger partial charge in [-0.3, -0.25) is 4.79 Å². The summed E-state index contributed by atoms with van der Waals surface area (Å²) < 4.78 is 5.89. The minimum Gasteiger partial charge on any atom is -0.454 e. The molecule has 2 heterocycles. The molecule has 1 fully saturated rings. The van der Waals surface area contributed by atoms with Crippen LogP contribution in [-0.4, -0.2) is 46.9 Å². The number of hydrogen-bond donors (Lipinski definition) is 0. The molecule has 2 aromatic rings. The Morgan fingerprint density at radius 2 is 1.74 bits per heavy atom. The van der Waals surface area contributed by atoms with Crippen LogP contribution in [0.25, 0.3) is 11.3 Å². The highest BCUT2D eigenvalue weighted by Crippen LogP contribution is 2.29. The summed E-state index contributed by atoms with van der Waals surface area (Å²) in [5, 5.41) is 0.648. The van der Waals surface area contributed by atoms with Crippen molar-refractivity contribution in [3.63, 3.8) is 0 Å². The maximum absolute atomic E-state index is 11.4. The monoisotopic (exact) mass is 348 g/mol. The van der Waals surface area contributed by atoms with E-state index in [-0.39, 0.29) is 5.91 Å². The third-order valence-corrected chi connectivity index (χ3v) is 4.76. The molecule has 1 aromatic heterocycles. The van der Waals surface area contributed by atoms with E-state index < -0.39 is 0 Å². The molecule has 1 amide bonds. The third kappa shape index (κ3) is 3.41. The van der Waals surface area contributed by atoms with E-state index in [0.29, 0.717) is 34.6 Å². The van der Waals surface area contributed by atoms with Gasteiger partial charge in [-0.2, -0.15) is 0 Å². The molecule has 23 heavy (non-hydrogen) atoms. The molecule has 0 spiro atoms. The molecule has 6 heteroatoms. The Kier molecular flexibility index (Phi) is 4.68. The highest BCUT2D eigenvalue weighted by Gasteiger charge is 2.22. The molecule has 0 bridgehead atoms. The van der Waals surface area contributed by atoms with Crippen molar-refractivity contribution in [2.75, 3.05) is 26.2 Å². The van der Waals surface area contributed by atoms with Gasteiger partial charge in [-0.15, -0.1) is 0 Å². The molecule has 0 unspecified atom stereocenters. The summed E-state index contributed by atoms with van der Waals surface area (Å²) in [5.41, 5.74) is 0.851. The fourth-order valence-electron chi connectivity index (χ4n) is 2.64. The molecule has 3 rings (SSSR count). The van der Waals surface area contributed by atoms with Crippen LogP contribution in [0.1, 0.15) is 12.7 Å². The third-order valence-electron chi connectivity index (χ3n) is 3.97. The maximum Gasteiger partial charge on any atom is 0.219 e. The molecule has 0 saturated carbocycles. The van der Waals surface area contributed by atoms with Crippen molar-refractivity contribution in [1.82, 2.24) is 9.80 Å². The summed E-state index contributed by atoms with van der Waals surface area (Å²) in [5.74, 6) is 1.47. The predicted octanol–water partition coefficient (Wildman–Crippen LogP) is 3.44.